The second-order valence-corrected chi connectivity index (χ2v) is 8.35. The number of rotatable bonds is 3. The smallest absolute Gasteiger partial charge is 0.318 e. The standard InChI is InChI=1S/C18H31N3O2/c1-12(10-20-6-4-2-3-5-7-20)19-18(23)21-11-14-8-13-9-15(14)16(21)17(13)22/h12-17,22H,2-11H2,1H3,(H,19,23)/t12-,13+,14+,15-,16+,17+/m1/s1. The first kappa shape index (κ1) is 15.7. The van der Waals surface area contributed by atoms with Crippen molar-refractivity contribution in [3.05, 3.63) is 0 Å². The minimum absolute atomic E-state index is 0.0476. The van der Waals surface area contributed by atoms with Crippen LogP contribution in [0.5, 0.6) is 0 Å². The van der Waals surface area contributed by atoms with Gasteiger partial charge in [0.05, 0.1) is 12.1 Å². The quantitative estimate of drug-likeness (QED) is 0.831. The topological polar surface area (TPSA) is 55.8 Å². The van der Waals surface area contributed by atoms with Crippen LogP contribution in [0.15, 0.2) is 0 Å². The van der Waals surface area contributed by atoms with Gasteiger partial charge in [-0.1, -0.05) is 12.8 Å². The maximum atomic E-state index is 12.7. The summed E-state index contributed by atoms with van der Waals surface area (Å²) in [6.45, 7) is 6.24. The maximum Gasteiger partial charge on any atom is 0.318 e. The van der Waals surface area contributed by atoms with E-state index in [1.54, 1.807) is 0 Å². The molecule has 0 aromatic rings. The summed E-state index contributed by atoms with van der Waals surface area (Å²) in [6.07, 6.45) is 7.21. The first-order chi connectivity index (χ1) is 11.1. The zero-order chi connectivity index (χ0) is 16.0. The minimum atomic E-state index is -0.287. The molecule has 2 N–H and O–H groups in total. The number of carbonyl (C=O) groups excluding carboxylic acids is 1. The van der Waals surface area contributed by atoms with Crippen LogP contribution in [0, 0.1) is 17.8 Å². The molecular weight excluding hydrogens is 290 g/mol. The molecule has 2 aliphatic heterocycles. The van der Waals surface area contributed by atoms with Crippen molar-refractivity contribution in [1.82, 2.24) is 15.1 Å². The van der Waals surface area contributed by atoms with Gasteiger partial charge in [-0.25, -0.2) is 4.79 Å². The monoisotopic (exact) mass is 321 g/mol. The Hall–Kier alpha value is -0.810. The molecule has 6 atom stereocenters. The molecule has 130 valence electrons. The second-order valence-electron chi connectivity index (χ2n) is 8.35. The number of carbonyl (C=O) groups is 1. The predicted octanol–water partition coefficient (Wildman–Crippen LogP) is 1.66. The van der Waals surface area contributed by atoms with Crippen LogP contribution in [0.1, 0.15) is 45.4 Å². The van der Waals surface area contributed by atoms with Crippen LogP contribution in [0.2, 0.25) is 0 Å². The van der Waals surface area contributed by atoms with Gasteiger partial charge in [-0.15, -0.1) is 0 Å². The van der Waals surface area contributed by atoms with Gasteiger partial charge in [-0.05, 0) is 63.5 Å². The Kier molecular flexibility index (Phi) is 4.26. The molecule has 23 heavy (non-hydrogen) atoms. The Morgan fingerprint density at radius 1 is 1.17 bits per heavy atom. The number of nitrogens with one attached hydrogen (secondary N) is 1. The van der Waals surface area contributed by atoms with Crippen molar-refractivity contribution in [3.63, 3.8) is 0 Å². The van der Waals surface area contributed by atoms with Crippen molar-refractivity contribution in [1.29, 1.82) is 0 Å². The molecule has 2 amide bonds. The van der Waals surface area contributed by atoms with Gasteiger partial charge in [0.15, 0.2) is 0 Å². The number of aliphatic hydroxyl groups is 1. The molecular formula is C18H31N3O2. The molecule has 0 radical (unpaired) electrons. The maximum absolute atomic E-state index is 12.7. The third-order valence-electron chi connectivity index (χ3n) is 6.71. The van der Waals surface area contributed by atoms with Crippen molar-refractivity contribution in [3.8, 4) is 0 Å². The van der Waals surface area contributed by atoms with E-state index in [1.165, 1.54) is 25.7 Å². The molecule has 4 fully saturated rings. The number of nitrogens with zero attached hydrogens (tertiary/aromatic N) is 2. The molecule has 0 spiro atoms. The molecule has 5 nitrogen and oxygen atoms in total. The number of hydrogen-bond donors (Lipinski definition) is 2. The fourth-order valence-corrected chi connectivity index (χ4v) is 5.69. The van der Waals surface area contributed by atoms with Gasteiger partial charge in [0.1, 0.15) is 0 Å². The van der Waals surface area contributed by atoms with Crippen LogP contribution >= 0.6 is 0 Å². The molecule has 2 heterocycles. The van der Waals surface area contributed by atoms with E-state index in [-0.39, 0.29) is 24.2 Å². The first-order valence-electron chi connectivity index (χ1n) is 9.61. The van der Waals surface area contributed by atoms with Gasteiger partial charge >= 0.3 is 6.03 Å². The second kappa shape index (κ2) is 6.25. The largest absolute Gasteiger partial charge is 0.391 e. The molecule has 4 aliphatic rings. The fourth-order valence-electron chi connectivity index (χ4n) is 5.69. The summed E-state index contributed by atoms with van der Waals surface area (Å²) in [5, 5.41) is 13.6. The van der Waals surface area contributed by atoms with Gasteiger partial charge in [0, 0.05) is 19.1 Å². The van der Waals surface area contributed by atoms with Gasteiger partial charge in [0.2, 0.25) is 0 Å². The van der Waals surface area contributed by atoms with Gasteiger partial charge in [-0.3, -0.25) is 0 Å². The van der Waals surface area contributed by atoms with Crippen LogP contribution < -0.4 is 5.32 Å². The minimum Gasteiger partial charge on any atom is -0.391 e. The molecule has 0 unspecified atom stereocenters. The van der Waals surface area contributed by atoms with E-state index in [0.29, 0.717) is 17.8 Å². The highest BCUT2D eigenvalue weighted by Gasteiger charge is 2.60. The number of fused-ring (bicyclic) bond motifs is 1. The molecule has 5 heteroatoms. The van der Waals surface area contributed by atoms with Crippen LogP contribution in [0.25, 0.3) is 0 Å². The summed E-state index contributed by atoms with van der Waals surface area (Å²) in [7, 11) is 0. The van der Waals surface area contributed by atoms with Gasteiger partial charge in [-0.2, -0.15) is 0 Å². The van der Waals surface area contributed by atoms with E-state index in [1.807, 2.05) is 4.90 Å². The van der Waals surface area contributed by atoms with Crippen molar-refractivity contribution < 1.29 is 9.90 Å². The highest BCUT2D eigenvalue weighted by atomic mass is 16.3. The summed E-state index contributed by atoms with van der Waals surface area (Å²) in [5.41, 5.74) is 0. The summed E-state index contributed by atoms with van der Waals surface area (Å²) in [4.78, 5) is 17.1. The number of hydrogen-bond acceptors (Lipinski definition) is 3. The van der Waals surface area contributed by atoms with Crippen molar-refractivity contribution in [2.24, 2.45) is 17.8 Å². The average Bonchev–Trinajstić information content (AvgIpc) is 3.03. The average molecular weight is 321 g/mol. The number of likely N-dealkylation sites (tertiary alicyclic amines) is 2. The SMILES string of the molecule is C[C@H](CN1CCCCCC1)NC(=O)N1C[C@@H]2C[C@H]3C[C@H]2[C@H]1[C@H]3O. The lowest BCUT2D eigenvalue weighted by molar-refractivity contribution is 0.0602. The number of amides is 2. The molecule has 2 saturated heterocycles. The predicted molar refractivity (Wildman–Crippen MR) is 89.1 cm³/mol. The van der Waals surface area contributed by atoms with E-state index in [2.05, 4.69) is 17.1 Å². The lowest BCUT2D eigenvalue weighted by Gasteiger charge is -2.31. The van der Waals surface area contributed by atoms with E-state index in [4.69, 9.17) is 0 Å². The molecule has 0 aromatic carbocycles. The van der Waals surface area contributed by atoms with E-state index in [0.717, 1.165) is 39.0 Å². The summed E-state index contributed by atoms with van der Waals surface area (Å²) < 4.78 is 0. The zero-order valence-corrected chi connectivity index (χ0v) is 14.3. The van der Waals surface area contributed by atoms with E-state index < -0.39 is 0 Å². The van der Waals surface area contributed by atoms with Crippen molar-refractivity contribution in [2.75, 3.05) is 26.2 Å². The Morgan fingerprint density at radius 3 is 2.61 bits per heavy atom. The highest BCUT2D eigenvalue weighted by Crippen LogP contribution is 2.54. The molecule has 4 rings (SSSR count). The van der Waals surface area contributed by atoms with Gasteiger partial charge in [0.25, 0.3) is 0 Å². The highest BCUT2D eigenvalue weighted by molar-refractivity contribution is 5.75. The van der Waals surface area contributed by atoms with Crippen LogP contribution in [0.3, 0.4) is 0 Å². The van der Waals surface area contributed by atoms with Crippen LogP contribution in [-0.4, -0.2) is 65.3 Å². The van der Waals surface area contributed by atoms with Crippen LogP contribution in [0.4, 0.5) is 4.79 Å². The molecule has 2 bridgehead atoms. The Morgan fingerprint density at radius 2 is 1.91 bits per heavy atom. The van der Waals surface area contributed by atoms with Crippen LogP contribution in [-0.2, 0) is 0 Å². The first-order valence-corrected chi connectivity index (χ1v) is 9.61. The third kappa shape index (κ3) is 2.86. The molecule has 2 saturated carbocycles. The fraction of sp³-hybridized carbons (Fsp3) is 0.944. The summed E-state index contributed by atoms with van der Waals surface area (Å²) in [5.74, 6) is 1.64. The lowest BCUT2D eigenvalue weighted by Crippen LogP contribution is -2.52. The Labute approximate surface area is 139 Å². The van der Waals surface area contributed by atoms with Gasteiger partial charge < -0.3 is 20.2 Å². The third-order valence-corrected chi connectivity index (χ3v) is 6.71. The Bertz CT molecular complexity index is 448. The summed E-state index contributed by atoms with van der Waals surface area (Å²) in [6, 6.07) is 0.309. The lowest BCUT2D eigenvalue weighted by atomic mass is 9.88. The van der Waals surface area contributed by atoms with E-state index >= 15 is 0 Å². The Balaban J connectivity index is 1.31. The zero-order valence-electron chi connectivity index (χ0n) is 14.3. The normalized spacial score (nSPS) is 41.1. The van der Waals surface area contributed by atoms with Crippen molar-refractivity contribution >= 4 is 6.03 Å². The van der Waals surface area contributed by atoms with E-state index in [9.17, 15) is 9.90 Å². The van der Waals surface area contributed by atoms with Crippen molar-refractivity contribution in [2.45, 2.75) is 63.6 Å². The molecule has 2 aliphatic carbocycles. The summed E-state index contributed by atoms with van der Waals surface area (Å²) >= 11 is 0. The number of urea groups is 1. The number of aliphatic hydroxyl groups excluding tert-OH is 1. The molecule has 0 aromatic heterocycles.